The lowest BCUT2D eigenvalue weighted by molar-refractivity contribution is 0.181. The Morgan fingerprint density at radius 3 is 2.38 bits per heavy atom. The van der Waals surface area contributed by atoms with Gasteiger partial charge in [-0.25, -0.2) is 0 Å². The van der Waals surface area contributed by atoms with Gasteiger partial charge in [-0.3, -0.25) is 0 Å². The number of rotatable bonds is 6. The second kappa shape index (κ2) is 8.53. The SMILES string of the molecule is C1CCC(C2CCCCC2NCCCC2CCCC2)NC1. The summed E-state index contributed by atoms with van der Waals surface area (Å²) in [4.78, 5) is 0. The fraction of sp³-hybridized carbons (Fsp3) is 1.00. The molecule has 1 saturated heterocycles. The summed E-state index contributed by atoms with van der Waals surface area (Å²) in [5.41, 5.74) is 0. The monoisotopic (exact) mass is 292 g/mol. The Morgan fingerprint density at radius 2 is 1.57 bits per heavy atom. The van der Waals surface area contributed by atoms with Crippen LogP contribution in [0.25, 0.3) is 0 Å². The number of hydrogen-bond donors (Lipinski definition) is 2. The minimum Gasteiger partial charge on any atom is -0.314 e. The van der Waals surface area contributed by atoms with Crippen LogP contribution in [0, 0.1) is 11.8 Å². The Kier molecular flexibility index (Phi) is 6.42. The summed E-state index contributed by atoms with van der Waals surface area (Å²) in [7, 11) is 0. The van der Waals surface area contributed by atoms with Crippen molar-refractivity contribution in [2.45, 2.75) is 95.6 Å². The fourth-order valence-corrected chi connectivity index (χ4v) is 5.12. The van der Waals surface area contributed by atoms with Gasteiger partial charge in [0, 0.05) is 12.1 Å². The second-order valence-corrected chi connectivity index (χ2v) is 7.86. The first-order valence-corrected chi connectivity index (χ1v) is 9.90. The standard InChI is InChI=1S/C19H36N2/c1-2-9-16(8-1)10-7-15-21-18-12-4-3-11-17(18)19-13-5-6-14-20-19/h16-21H,1-15H2. The van der Waals surface area contributed by atoms with Crippen LogP contribution in [0.1, 0.15) is 83.5 Å². The van der Waals surface area contributed by atoms with E-state index in [-0.39, 0.29) is 0 Å². The van der Waals surface area contributed by atoms with Crippen LogP contribution >= 0.6 is 0 Å². The Morgan fingerprint density at radius 1 is 0.810 bits per heavy atom. The van der Waals surface area contributed by atoms with E-state index < -0.39 is 0 Å². The van der Waals surface area contributed by atoms with Crippen LogP contribution in [0.5, 0.6) is 0 Å². The molecule has 2 aliphatic carbocycles. The van der Waals surface area contributed by atoms with Crippen LogP contribution in [0.4, 0.5) is 0 Å². The van der Waals surface area contributed by atoms with Gasteiger partial charge in [-0.15, -0.1) is 0 Å². The lowest BCUT2D eigenvalue weighted by Crippen LogP contribution is -2.50. The van der Waals surface area contributed by atoms with Crippen LogP contribution in [0.2, 0.25) is 0 Å². The molecule has 0 amide bonds. The third-order valence-corrected chi connectivity index (χ3v) is 6.36. The number of piperidine rings is 1. The van der Waals surface area contributed by atoms with Gasteiger partial charge in [0.15, 0.2) is 0 Å². The molecule has 0 aromatic rings. The molecular weight excluding hydrogens is 256 g/mol. The second-order valence-electron chi connectivity index (χ2n) is 7.86. The molecule has 2 saturated carbocycles. The molecule has 2 heteroatoms. The van der Waals surface area contributed by atoms with E-state index in [0.717, 1.165) is 23.9 Å². The van der Waals surface area contributed by atoms with E-state index in [0.29, 0.717) is 0 Å². The van der Waals surface area contributed by atoms with Crippen molar-refractivity contribution in [3.8, 4) is 0 Å². The van der Waals surface area contributed by atoms with Gasteiger partial charge in [0.2, 0.25) is 0 Å². The molecular formula is C19H36N2. The smallest absolute Gasteiger partial charge is 0.0110 e. The van der Waals surface area contributed by atoms with Crippen molar-refractivity contribution in [3.05, 3.63) is 0 Å². The minimum atomic E-state index is 0.804. The maximum atomic E-state index is 3.95. The van der Waals surface area contributed by atoms with E-state index in [4.69, 9.17) is 0 Å². The summed E-state index contributed by atoms with van der Waals surface area (Å²) < 4.78 is 0. The van der Waals surface area contributed by atoms with Gasteiger partial charge in [0.25, 0.3) is 0 Å². The molecule has 3 fully saturated rings. The molecule has 2 nitrogen and oxygen atoms in total. The van der Waals surface area contributed by atoms with Crippen molar-refractivity contribution in [1.82, 2.24) is 10.6 Å². The summed E-state index contributed by atoms with van der Waals surface area (Å²) in [6, 6.07) is 1.62. The highest BCUT2D eigenvalue weighted by Gasteiger charge is 2.31. The third kappa shape index (κ3) is 4.69. The first-order valence-electron chi connectivity index (χ1n) is 9.90. The van der Waals surface area contributed by atoms with Gasteiger partial charge in [0.1, 0.15) is 0 Å². The molecule has 0 bridgehead atoms. The van der Waals surface area contributed by atoms with Crippen molar-refractivity contribution >= 4 is 0 Å². The van der Waals surface area contributed by atoms with E-state index in [1.165, 1.54) is 96.6 Å². The normalized spacial score (nSPS) is 35.1. The van der Waals surface area contributed by atoms with Crippen LogP contribution in [0.15, 0.2) is 0 Å². The lowest BCUT2D eigenvalue weighted by Gasteiger charge is -2.40. The predicted octanol–water partition coefficient (Wildman–Crippen LogP) is 4.25. The summed E-state index contributed by atoms with van der Waals surface area (Å²) in [6.07, 6.45) is 19.0. The maximum absolute atomic E-state index is 3.95. The average Bonchev–Trinajstić information content (AvgIpc) is 3.06. The van der Waals surface area contributed by atoms with Crippen molar-refractivity contribution < 1.29 is 0 Å². The van der Waals surface area contributed by atoms with Gasteiger partial charge in [0.05, 0.1) is 0 Å². The largest absolute Gasteiger partial charge is 0.314 e. The van der Waals surface area contributed by atoms with Crippen molar-refractivity contribution in [1.29, 1.82) is 0 Å². The topological polar surface area (TPSA) is 24.1 Å². The quantitative estimate of drug-likeness (QED) is 0.715. The first-order chi connectivity index (χ1) is 10.4. The summed E-state index contributed by atoms with van der Waals surface area (Å²) in [5, 5.41) is 7.77. The Balaban J connectivity index is 1.38. The highest BCUT2D eigenvalue weighted by molar-refractivity contribution is 4.90. The minimum absolute atomic E-state index is 0.804. The highest BCUT2D eigenvalue weighted by atomic mass is 15.0. The van der Waals surface area contributed by atoms with Crippen LogP contribution in [-0.2, 0) is 0 Å². The van der Waals surface area contributed by atoms with Crippen molar-refractivity contribution in [2.75, 3.05) is 13.1 Å². The summed E-state index contributed by atoms with van der Waals surface area (Å²) >= 11 is 0. The van der Waals surface area contributed by atoms with Crippen molar-refractivity contribution in [3.63, 3.8) is 0 Å². The molecule has 21 heavy (non-hydrogen) atoms. The molecule has 1 aliphatic heterocycles. The molecule has 0 spiro atoms. The molecule has 3 rings (SSSR count). The molecule has 0 aromatic carbocycles. The van der Waals surface area contributed by atoms with E-state index >= 15 is 0 Å². The van der Waals surface area contributed by atoms with Crippen LogP contribution in [0.3, 0.4) is 0 Å². The Labute approximate surface area is 131 Å². The zero-order chi connectivity index (χ0) is 14.3. The molecule has 3 aliphatic rings. The molecule has 3 atom stereocenters. The van der Waals surface area contributed by atoms with Gasteiger partial charge in [-0.1, -0.05) is 44.9 Å². The predicted molar refractivity (Wildman–Crippen MR) is 90.6 cm³/mol. The maximum Gasteiger partial charge on any atom is 0.0110 e. The lowest BCUT2D eigenvalue weighted by atomic mass is 9.77. The zero-order valence-corrected chi connectivity index (χ0v) is 13.9. The fourth-order valence-electron chi connectivity index (χ4n) is 5.12. The third-order valence-electron chi connectivity index (χ3n) is 6.36. The van der Waals surface area contributed by atoms with Gasteiger partial charge < -0.3 is 10.6 Å². The van der Waals surface area contributed by atoms with E-state index in [9.17, 15) is 0 Å². The summed E-state index contributed by atoms with van der Waals surface area (Å²) in [6.45, 7) is 2.53. The first kappa shape index (κ1) is 15.8. The highest BCUT2D eigenvalue weighted by Crippen LogP contribution is 2.31. The van der Waals surface area contributed by atoms with Crippen LogP contribution < -0.4 is 10.6 Å². The van der Waals surface area contributed by atoms with Gasteiger partial charge in [-0.2, -0.15) is 0 Å². The van der Waals surface area contributed by atoms with Gasteiger partial charge >= 0.3 is 0 Å². The molecule has 2 N–H and O–H groups in total. The molecule has 0 radical (unpaired) electrons. The molecule has 3 unspecified atom stereocenters. The molecule has 122 valence electrons. The van der Waals surface area contributed by atoms with E-state index in [2.05, 4.69) is 10.6 Å². The average molecular weight is 293 g/mol. The molecule has 1 heterocycles. The number of hydrogen-bond acceptors (Lipinski definition) is 2. The van der Waals surface area contributed by atoms with Gasteiger partial charge in [-0.05, 0) is 63.5 Å². The van der Waals surface area contributed by atoms with Crippen molar-refractivity contribution in [2.24, 2.45) is 11.8 Å². The zero-order valence-electron chi connectivity index (χ0n) is 13.9. The Hall–Kier alpha value is -0.0800. The summed E-state index contributed by atoms with van der Waals surface area (Å²) in [5.74, 6) is 1.97. The van der Waals surface area contributed by atoms with E-state index in [1.807, 2.05) is 0 Å². The number of nitrogens with one attached hydrogen (secondary N) is 2. The van der Waals surface area contributed by atoms with E-state index in [1.54, 1.807) is 0 Å². The van der Waals surface area contributed by atoms with Crippen LogP contribution in [-0.4, -0.2) is 25.2 Å². The molecule has 0 aromatic heterocycles. The Bertz CT molecular complexity index is 279.